The minimum absolute atomic E-state index is 0.103. The second-order valence-electron chi connectivity index (χ2n) is 1.96. The lowest BCUT2D eigenvalue weighted by Gasteiger charge is -2.00. The fraction of sp³-hybridized carbons (Fsp3) is 0.800. The van der Waals surface area contributed by atoms with Crippen LogP contribution in [0.5, 0.6) is 0 Å². The molecule has 1 atom stereocenters. The predicted molar refractivity (Wildman–Crippen MR) is 29.8 cm³/mol. The van der Waals surface area contributed by atoms with E-state index in [4.69, 9.17) is 0 Å². The summed E-state index contributed by atoms with van der Waals surface area (Å²) in [5.41, 5.74) is 0. The Kier molecular flexibility index (Phi) is 1.77. The van der Waals surface area contributed by atoms with Crippen LogP contribution in [0.15, 0.2) is 5.18 Å². The maximum atomic E-state index is 10.4. The molecule has 0 unspecified atom stereocenters. The summed E-state index contributed by atoms with van der Waals surface area (Å²) in [6.45, 7) is 0.103. The average Bonchev–Trinajstić information content (AvgIpc) is 2.17. The number of ether oxygens (including phenoxy) is 1. The molecule has 0 radical (unpaired) electrons. The molecule has 0 saturated carbocycles. The van der Waals surface area contributed by atoms with Gasteiger partial charge in [0.05, 0.1) is 0 Å². The molecule has 0 bridgehead atoms. The molecule has 1 fully saturated rings. The molecule has 4 nitrogen and oxygen atoms in total. The highest BCUT2D eigenvalue weighted by molar-refractivity contribution is 5.71. The van der Waals surface area contributed by atoms with Crippen molar-refractivity contribution in [2.24, 2.45) is 5.18 Å². The van der Waals surface area contributed by atoms with Crippen molar-refractivity contribution in [1.29, 1.82) is 0 Å². The van der Waals surface area contributed by atoms with Crippen molar-refractivity contribution in [2.75, 3.05) is 6.54 Å². The standard InChI is InChI=1S/C5H7NO3/c7-5-2-1-4(9-5)3-6-8/h4H,1-3H2/t4-/m0/s1. The molecule has 0 amide bonds. The van der Waals surface area contributed by atoms with Crippen LogP contribution in [0.2, 0.25) is 0 Å². The molecule has 9 heavy (non-hydrogen) atoms. The molecular weight excluding hydrogens is 122 g/mol. The van der Waals surface area contributed by atoms with E-state index < -0.39 is 0 Å². The Hall–Kier alpha value is -0.930. The summed E-state index contributed by atoms with van der Waals surface area (Å²) in [5.74, 6) is -0.219. The summed E-state index contributed by atoms with van der Waals surface area (Å²) in [6, 6.07) is 0. The number of hydrogen-bond acceptors (Lipinski definition) is 4. The molecule has 1 aliphatic heterocycles. The Morgan fingerprint density at radius 3 is 3.00 bits per heavy atom. The maximum Gasteiger partial charge on any atom is 0.306 e. The quantitative estimate of drug-likeness (QED) is 0.402. The molecule has 0 aliphatic carbocycles. The summed E-state index contributed by atoms with van der Waals surface area (Å²) in [6.07, 6.45) is 0.833. The minimum Gasteiger partial charge on any atom is -0.460 e. The van der Waals surface area contributed by atoms with E-state index in [2.05, 4.69) is 9.91 Å². The van der Waals surface area contributed by atoms with Gasteiger partial charge in [0.1, 0.15) is 12.6 Å². The molecule has 0 aromatic carbocycles. The fourth-order valence-corrected chi connectivity index (χ4v) is 0.794. The zero-order valence-electron chi connectivity index (χ0n) is 4.87. The first kappa shape index (κ1) is 6.19. The second kappa shape index (κ2) is 2.57. The van der Waals surface area contributed by atoms with Crippen LogP contribution in [0.25, 0.3) is 0 Å². The van der Waals surface area contributed by atoms with E-state index in [0.717, 1.165) is 0 Å². The lowest BCUT2D eigenvalue weighted by Crippen LogP contribution is -2.09. The van der Waals surface area contributed by atoms with Crippen molar-refractivity contribution in [3.8, 4) is 0 Å². The second-order valence-corrected chi connectivity index (χ2v) is 1.96. The normalized spacial score (nSPS) is 25.8. The van der Waals surface area contributed by atoms with Crippen molar-refractivity contribution in [3.05, 3.63) is 4.91 Å². The van der Waals surface area contributed by atoms with Crippen LogP contribution < -0.4 is 0 Å². The number of nitrogens with zero attached hydrogens (tertiary/aromatic N) is 1. The van der Waals surface area contributed by atoms with E-state index in [1.165, 1.54) is 0 Å². The van der Waals surface area contributed by atoms with Crippen LogP contribution >= 0.6 is 0 Å². The highest BCUT2D eigenvalue weighted by Gasteiger charge is 2.22. The SMILES string of the molecule is O=NC[C@@H]1CCC(=O)O1. The predicted octanol–water partition coefficient (Wildman–Crippen LogP) is 0.458. The first-order chi connectivity index (χ1) is 4.33. The lowest BCUT2D eigenvalue weighted by molar-refractivity contribution is -0.141. The third kappa shape index (κ3) is 1.48. The smallest absolute Gasteiger partial charge is 0.306 e. The van der Waals surface area contributed by atoms with Crippen LogP contribution in [0.4, 0.5) is 0 Å². The molecular formula is C5H7NO3. The van der Waals surface area contributed by atoms with Gasteiger partial charge in [0.25, 0.3) is 0 Å². The van der Waals surface area contributed by atoms with Crippen LogP contribution in [-0.2, 0) is 9.53 Å². The Morgan fingerprint density at radius 1 is 1.78 bits per heavy atom. The Bertz CT molecular complexity index is 134. The van der Waals surface area contributed by atoms with Crippen molar-refractivity contribution in [2.45, 2.75) is 18.9 Å². The monoisotopic (exact) mass is 129 g/mol. The van der Waals surface area contributed by atoms with Crippen LogP contribution in [0.3, 0.4) is 0 Å². The molecule has 4 heteroatoms. The van der Waals surface area contributed by atoms with Gasteiger partial charge in [-0.3, -0.25) is 4.79 Å². The molecule has 1 aliphatic rings. The Labute approximate surface area is 52.2 Å². The highest BCUT2D eigenvalue weighted by Crippen LogP contribution is 2.13. The van der Waals surface area contributed by atoms with Crippen molar-refractivity contribution < 1.29 is 9.53 Å². The number of carbonyl (C=O) groups excluding carboxylic acids is 1. The fourth-order valence-electron chi connectivity index (χ4n) is 0.794. The molecule has 1 rings (SSSR count). The van der Waals surface area contributed by atoms with Crippen molar-refractivity contribution >= 4 is 5.97 Å². The third-order valence-electron chi connectivity index (χ3n) is 1.25. The zero-order valence-corrected chi connectivity index (χ0v) is 4.87. The number of cyclic esters (lactones) is 1. The van der Waals surface area contributed by atoms with Gasteiger partial charge >= 0.3 is 5.97 Å². The Morgan fingerprint density at radius 2 is 2.56 bits per heavy atom. The lowest BCUT2D eigenvalue weighted by atomic mass is 10.2. The summed E-state index contributed by atoms with van der Waals surface area (Å²) >= 11 is 0. The van der Waals surface area contributed by atoms with Gasteiger partial charge in [-0.05, 0) is 6.42 Å². The number of nitroso groups, excluding NO2 is 1. The van der Waals surface area contributed by atoms with Gasteiger partial charge in [-0.1, -0.05) is 5.18 Å². The average molecular weight is 129 g/mol. The first-order valence-corrected chi connectivity index (χ1v) is 2.81. The zero-order chi connectivity index (χ0) is 6.69. The van der Waals surface area contributed by atoms with Gasteiger partial charge in [0.15, 0.2) is 0 Å². The topological polar surface area (TPSA) is 55.7 Å². The van der Waals surface area contributed by atoms with Gasteiger partial charge in [0.2, 0.25) is 0 Å². The third-order valence-corrected chi connectivity index (χ3v) is 1.25. The first-order valence-electron chi connectivity index (χ1n) is 2.81. The summed E-state index contributed by atoms with van der Waals surface area (Å²) < 4.78 is 4.67. The molecule has 50 valence electrons. The molecule has 1 saturated heterocycles. The van der Waals surface area contributed by atoms with E-state index in [-0.39, 0.29) is 18.6 Å². The summed E-state index contributed by atoms with van der Waals surface area (Å²) in [7, 11) is 0. The van der Waals surface area contributed by atoms with E-state index in [9.17, 15) is 9.70 Å². The van der Waals surface area contributed by atoms with Gasteiger partial charge in [-0.15, -0.1) is 0 Å². The van der Waals surface area contributed by atoms with Crippen LogP contribution in [0, 0.1) is 4.91 Å². The summed E-state index contributed by atoms with van der Waals surface area (Å²) in [5, 5.41) is 2.62. The molecule has 0 spiro atoms. The maximum absolute atomic E-state index is 10.4. The largest absolute Gasteiger partial charge is 0.460 e. The number of esters is 1. The van der Waals surface area contributed by atoms with E-state index in [1.807, 2.05) is 0 Å². The molecule has 1 heterocycles. The molecule has 0 aromatic heterocycles. The minimum atomic E-state index is -0.241. The van der Waals surface area contributed by atoms with Gasteiger partial charge in [-0.25, -0.2) is 0 Å². The van der Waals surface area contributed by atoms with Crippen molar-refractivity contribution in [1.82, 2.24) is 0 Å². The van der Waals surface area contributed by atoms with E-state index >= 15 is 0 Å². The number of rotatable bonds is 2. The molecule has 0 N–H and O–H groups in total. The van der Waals surface area contributed by atoms with Crippen LogP contribution in [0.1, 0.15) is 12.8 Å². The van der Waals surface area contributed by atoms with Gasteiger partial charge < -0.3 is 4.74 Å². The van der Waals surface area contributed by atoms with Crippen molar-refractivity contribution in [3.63, 3.8) is 0 Å². The molecule has 0 aromatic rings. The van der Waals surface area contributed by atoms with Crippen LogP contribution in [-0.4, -0.2) is 18.6 Å². The van der Waals surface area contributed by atoms with E-state index in [1.54, 1.807) is 0 Å². The number of carbonyl (C=O) groups is 1. The van der Waals surface area contributed by atoms with Gasteiger partial charge in [0, 0.05) is 6.42 Å². The highest BCUT2D eigenvalue weighted by atomic mass is 16.5. The van der Waals surface area contributed by atoms with Gasteiger partial charge in [-0.2, -0.15) is 4.91 Å². The number of hydrogen-bond donors (Lipinski definition) is 0. The Balaban J connectivity index is 2.29. The summed E-state index contributed by atoms with van der Waals surface area (Å²) in [4.78, 5) is 20.0. The van der Waals surface area contributed by atoms with E-state index in [0.29, 0.717) is 12.8 Å².